The van der Waals surface area contributed by atoms with Crippen LogP contribution in [0.15, 0.2) is 42.0 Å². The molecule has 15 heavy (non-hydrogen) atoms. The van der Waals surface area contributed by atoms with Crippen LogP contribution in [0.3, 0.4) is 0 Å². The number of aryl methyl sites for hydroxylation is 1. The molecule has 2 aromatic heterocycles. The minimum absolute atomic E-state index is 0.165. The van der Waals surface area contributed by atoms with Crippen molar-refractivity contribution in [1.29, 1.82) is 0 Å². The lowest BCUT2D eigenvalue weighted by atomic mass is 10.1. The van der Waals surface area contributed by atoms with Crippen molar-refractivity contribution in [3.63, 3.8) is 0 Å². The lowest BCUT2D eigenvalue weighted by molar-refractivity contribution is 0.662. The highest BCUT2D eigenvalue weighted by molar-refractivity contribution is 7.10. The zero-order valence-corrected chi connectivity index (χ0v) is 9.28. The van der Waals surface area contributed by atoms with Gasteiger partial charge in [-0.2, -0.15) is 0 Å². The molecule has 2 rings (SSSR count). The summed E-state index contributed by atoms with van der Waals surface area (Å²) in [5, 5.41) is 2.07. The predicted octanol–water partition coefficient (Wildman–Crippen LogP) is 2.78. The van der Waals surface area contributed by atoms with Crippen LogP contribution in [0.25, 0.3) is 0 Å². The molecule has 2 nitrogen and oxygen atoms in total. The van der Waals surface area contributed by atoms with E-state index in [4.69, 9.17) is 5.73 Å². The molecule has 2 N–H and O–H groups in total. The van der Waals surface area contributed by atoms with E-state index in [0.29, 0.717) is 0 Å². The molecular formula is C12H14N2S. The molecule has 78 valence electrons. The highest BCUT2D eigenvalue weighted by Crippen LogP contribution is 2.20. The first kappa shape index (κ1) is 10.3. The molecule has 0 aliphatic heterocycles. The maximum absolute atomic E-state index is 6.08. The van der Waals surface area contributed by atoms with Crippen molar-refractivity contribution in [1.82, 2.24) is 4.98 Å². The molecule has 2 heterocycles. The first-order chi connectivity index (χ1) is 7.36. The molecular weight excluding hydrogens is 204 g/mol. The second-order valence-electron chi connectivity index (χ2n) is 3.52. The van der Waals surface area contributed by atoms with Crippen molar-refractivity contribution >= 4 is 11.3 Å². The summed E-state index contributed by atoms with van der Waals surface area (Å²) in [6.45, 7) is 0. The van der Waals surface area contributed by atoms with Crippen molar-refractivity contribution < 1.29 is 0 Å². The first-order valence-corrected chi connectivity index (χ1v) is 5.92. The highest BCUT2D eigenvalue weighted by Gasteiger charge is 2.06. The normalized spacial score (nSPS) is 12.6. The minimum Gasteiger partial charge on any atom is -0.323 e. The lowest BCUT2D eigenvalue weighted by Crippen LogP contribution is -2.09. The van der Waals surface area contributed by atoms with Crippen molar-refractivity contribution in [2.24, 2.45) is 5.73 Å². The van der Waals surface area contributed by atoms with Gasteiger partial charge in [0.2, 0.25) is 0 Å². The number of rotatable bonds is 4. The maximum Gasteiger partial charge on any atom is 0.0392 e. The first-order valence-electron chi connectivity index (χ1n) is 5.04. The van der Waals surface area contributed by atoms with E-state index in [0.717, 1.165) is 12.8 Å². The van der Waals surface area contributed by atoms with E-state index in [-0.39, 0.29) is 6.04 Å². The van der Waals surface area contributed by atoms with Crippen LogP contribution >= 0.6 is 11.3 Å². The van der Waals surface area contributed by atoms with E-state index >= 15 is 0 Å². The van der Waals surface area contributed by atoms with Gasteiger partial charge in [-0.3, -0.25) is 4.98 Å². The quantitative estimate of drug-likeness (QED) is 0.857. The number of aromatic nitrogens is 1. The minimum atomic E-state index is 0.165. The molecule has 0 saturated heterocycles. The van der Waals surface area contributed by atoms with Crippen molar-refractivity contribution in [2.45, 2.75) is 18.9 Å². The van der Waals surface area contributed by atoms with Crippen molar-refractivity contribution in [2.75, 3.05) is 0 Å². The Morgan fingerprint density at radius 1 is 1.27 bits per heavy atom. The summed E-state index contributed by atoms with van der Waals surface area (Å²) in [6.07, 6.45) is 5.66. The average molecular weight is 218 g/mol. The summed E-state index contributed by atoms with van der Waals surface area (Å²) in [7, 11) is 0. The van der Waals surface area contributed by atoms with Gasteiger partial charge in [-0.1, -0.05) is 6.07 Å². The fourth-order valence-electron chi connectivity index (χ4n) is 1.52. The van der Waals surface area contributed by atoms with Crippen LogP contribution in [0.5, 0.6) is 0 Å². The molecule has 0 fully saturated rings. The summed E-state index contributed by atoms with van der Waals surface area (Å²) in [6, 6.07) is 8.40. The molecule has 0 amide bonds. The predicted molar refractivity (Wildman–Crippen MR) is 63.8 cm³/mol. The Labute approximate surface area is 93.8 Å². The van der Waals surface area contributed by atoms with E-state index in [2.05, 4.69) is 16.4 Å². The smallest absolute Gasteiger partial charge is 0.0392 e. The van der Waals surface area contributed by atoms with Crippen LogP contribution in [0.2, 0.25) is 0 Å². The number of hydrogen-bond donors (Lipinski definition) is 1. The number of pyridine rings is 1. The van der Waals surface area contributed by atoms with Gasteiger partial charge in [-0.25, -0.2) is 0 Å². The largest absolute Gasteiger partial charge is 0.323 e. The Hall–Kier alpha value is -1.19. The summed E-state index contributed by atoms with van der Waals surface area (Å²) in [4.78, 5) is 5.26. The Morgan fingerprint density at radius 3 is 2.73 bits per heavy atom. The Kier molecular flexibility index (Phi) is 3.48. The summed E-state index contributed by atoms with van der Waals surface area (Å²) in [5.41, 5.74) is 7.38. The molecule has 0 spiro atoms. The van der Waals surface area contributed by atoms with Gasteiger partial charge in [-0.15, -0.1) is 11.3 Å². The molecule has 1 atom stereocenters. The summed E-state index contributed by atoms with van der Waals surface area (Å²) in [5.74, 6) is 0. The summed E-state index contributed by atoms with van der Waals surface area (Å²) < 4.78 is 0. The molecule has 3 heteroatoms. The van der Waals surface area contributed by atoms with Gasteiger partial charge in [0, 0.05) is 23.3 Å². The average Bonchev–Trinajstić information content (AvgIpc) is 2.81. The van der Waals surface area contributed by atoms with Gasteiger partial charge >= 0.3 is 0 Å². The van der Waals surface area contributed by atoms with Crippen LogP contribution in [-0.4, -0.2) is 4.98 Å². The van der Waals surface area contributed by atoms with E-state index in [9.17, 15) is 0 Å². The zero-order valence-electron chi connectivity index (χ0n) is 8.47. The Balaban J connectivity index is 1.89. The van der Waals surface area contributed by atoms with Crippen LogP contribution in [0.1, 0.15) is 22.9 Å². The lowest BCUT2D eigenvalue weighted by Gasteiger charge is -2.08. The monoisotopic (exact) mass is 218 g/mol. The van der Waals surface area contributed by atoms with Crippen LogP contribution in [0.4, 0.5) is 0 Å². The topological polar surface area (TPSA) is 38.9 Å². The fraction of sp³-hybridized carbons (Fsp3) is 0.250. The Bertz CT molecular complexity index is 383. The standard InChI is InChI=1S/C12H14N2S/c13-11(12-2-1-9-15-12)4-3-10-5-7-14-8-6-10/h1-2,5-9,11H,3-4,13H2. The third-order valence-electron chi connectivity index (χ3n) is 2.40. The van der Waals surface area contributed by atoms with Gasteiger partial charge in [-0.05, 0) is 42.0 Å². The molecule has 0 bridgehead atoms. The molecule has 1 unspecified atom stereocenters. The van der Waals surface area contributed by atoms with Gasteiger partial charge in [0.15, 0.2) is 0 Å². The van der Waals surface area contributed by atoms with E-state index in [1.165, 1.54) is 10.4 Å². The third kappa shape index (κ3) is 2.88. The number of nitrogens with zero attached hydrogens (tertiary/aromatic N) is 1. The van der Waals surface area contributed by atoms with Crippen LogP contribution < -0.4 is 5.73 Å². The maximum atomic E-state index is 6.08. The number of thiophene rings is 1. The second-order valence-corrected chi connectivity index (χ2v) is 4.50. The van der Waals surface area contributed by atoms with Crippen molar-refractivity contribution in [3.8, 4) is 0 Å². The van der Waals surface area contributed by atoms with Crippen LogP contribution in [-0.2, 0) is 6.42 Å². The molecule has 2 aromatic rings. The van der Waals surface area contributed by atoms with Crippen molar-refractivity contribution in [3.05, 3.63) is 52.5 Å². The zero-order chi connectivity index (χ0) is 10.5. The van der Waals surface area contributed by atoms with E-state index < -0.39 is 0 Å². The summed E-state index contributed by atoms with van der Waals surface area (Å²) >= 11 is 1.73. The van der Waals surface area contributed by atoms with E-state index in [1.807, 2.05) is 30.6 Å². The molecule has 0 saturated carbocycles. The highest BCUT2D eigenvalue weighted by atomic mass is 32.1. The van der Waals surface area contributed by atoms with Gasteiger partial charge in [0.1, 0.15) is 0 Å². The van der Waals surface area contributed by atoms with Gasteiger partial charge < -0.3 is 5.73 Å². The number of hydrogen-bond acceptors (Lipinski definition) is 3. The Morgan fingerprint density at radius 2 is 2.07 bits per heavy atom. The molecule has 0 aromatic carbocycles. The van der Waals surface area contributed by atoms with Gasteiger partial charge in [0.25, 0.3) is 0 Å². The molecule has 0 aliphatic rings. The SMILES string of the molecule is NC(CCc1ccncc1)c1cccs1. The number of nitrogens with two attached hydrogens (primary N) is 1. The van der Waals surface area contributed by atoms with E-state index in [1.54, 1.807) is 11.3 Å². The third-order valence-corrected chi connectivity index (χ3v) is 3.41. The van der Waals surface area contributed by atoms with Crippen LogP contribution in [0, 0.1) is 0 Å². The second kappa shape index (κ2) is 5.05. The fourth-order valence-corrected chi connectivity index (χ4v) is 2.28. The van der Waals surface area contributed by atoms with Gasteiger partial charge in [0.05, 0.1) is 0 Å². The molecule has 0 radical (unpaired) electrons. The molecule has 0 aliphatic carbocycles.